The molecule has 2 saturated heterocycles. The number of amides is 1. The number of nitrogens with one attached hydrogen (secondary N) is 1. The van der Waals surface area contributed by atoms with Gasteiger partial charge in [0, 0.05) is 24.3 Å². The molecule has 0 radical (unpaired) electrons. The van der Waals surface area contributed by atoms with Crippen molar-refractivity contribution in [3.63, 3.8) is 0 Å². The lowest BCUT2D eigenvalue weighted by Crippen LogP contribution is -2.50. The second-order valence-electron chi connectivity index (χ2n) is 6.51. The molecule has 0 saturated carbocycles. The Kier molecular flexibility index (Phi) is 4.22. The number of fused-ring (bicyclic) bond motifs is 2. The van der Waals surface area contributed by atoms with Crippen LogP contribution in [0.5, 0.6) is 0 Å². The van der Waals surface area contributed by atoms with Gasteiger partial charge >= 0.3 is 0 Å². The summed E-state index contributed by atoms with van der Waals surface area (Å²) in [5.74, 6) is 0.0221. The first kappa shape index (κ1) is 14.9. The zero-order valence-corrected chi connectivity index (χ0v) is 13.4. The Hall–Kier alpha value is -1.07. The first-order chi connectivity index (χ1) is 10.0. The standard InChI is InChI=1S/C15H23ClN4O/c1-10(8-20-9-11(16)7-17-20)15(21)18-12-5-13-3-4-14(6-12)19(13)2/h7,9-10,12-14H,3-6,8H2,1-2H3,(H,18,21). The van der Waals surface area contributed by atoms with Crippen LogP contribution in [0.2, 0.25) is 5.02 Å². The number of carbonyl (C=O) groups is 1. The van der Waals surface area contributed by atoms with Crippen LogP contribution in [0.1, 0.15) is 32.6 Å². The number of piperidine rings is 1. The van der Waals surface area contributed by atoms with E-state index in [-0.39, 0.29) is 11.8 Å². The third-order valence-corrected chi connectivity index (χ3v) is 5.15. The maximum absolute atomic E-state index is 12.3. The van der Waals surface area contributed by atoms with Gasteiger partial charge in [-0.15, -0.1) is 0 Å². The van der Waals surface area contributed by atoms with Crippen LogP contribution in [0.4, 0.5) is 0 Å². The quantitative estimate of drug-likeness (QED) is 0.924. The minimum Gasteiger partial charge on any atom is -0.353 e. The Labute approximate surface area is 130 Å². The Balaban J connectivity index is 1.52. The highest BCUT2D eigenvalue weighted by Gasteiger charge is 2.39. The Bertz CT molecular complexity index is 504. The summed E-state index contributed by atoms with van der Waals surface area (Å²) in [5.41, 5.74) is 0. The zero-order chi connectivity index (χ0) is 15.0. The molecule has 2 aliphatic rings. The molecule has 3 unspecified atom stereocenters. The highest BCUT2D eigenvalue weighted by atomic mass is 35.5. The molecule has 1 amide bonds. The third-order valence-electron chi connectivity index (χ3n) is 4.95. The van der Waals surface area contributed by atoms with Crippen LogP contribution in [-0.2, 0) is 11.3 Å². The van der Waals surface area contributed by atoms with Gasteiger partial charge in [-0.3, -0.25) is 9.48 Å². The fourth-order valence-corrected chi connectivity index (χ4v) is 3.83. The summed E-state index contributed by atoms with van der Waals surface area (Å²) < 4.78 is 1.73. The summed E-state index contributed by atoms with van der Waals surface area (Å²) >= 11 is 5.84. The van der Waals surface area contributed by atoms with Gasteiger partial charge in [-0.05, 0) is 32.7 Å². The largest absolute Gasteiger partial charge is 0.353 e. The molecule has 1 aromatic rings. The van der Waals surface area contributed by atoms with Crippen molar-refractivity contribution in [3.05, 3.63) is 17.4 Å². The fraction of sp³-hybridized carbons (Fsp3) is 0.733. The summed E-state index contributed by atoms with van der Waals surface area (Å²) in [6.07, 6.45) is 8.06. The highest BCUT2D eigenvalue weighted by Crippen LogP contribution is 2.34. The van der Waals surface area contributed by atoms with Crippen molar-refractivity contribution in [2.45, 2.75) is 57.3 Å². The number of hydrogen-bond acceptors (Lipinski definition) is 3. The van der Waals surface area contributed by atoms with Gasteiger partial charge in [-0.25, -0.2) is 0 Å². The molecular formula is C15H23ClN4O. The van der Waals surface area contributed by atoms with Crippen molar-refractivity contribution >= 4 is 17.5 Å². The second kappa shape index (κ2) is 5.97. The number of aromatic nitrogens is 2. The molecule has 2 bridgehead atoms. The molecule has 2 fully saturated rings. The van der Waals surface area contributed by atoms with Crippen LogP contribution in [0.3, 0.4) is 0 Å². The predicted molar refractivity (Wildman–Crippen MR) is 82.1 cm³/mol. The average Bonchev–Trinajstić information content (AvgIpc) is 2.91. The number of carbonyl (C=O) groups excluding carboxylic acids is 1. The summed E-state index contributed by atoms with van der Waals surface area (Å²) in [6.45, 7) is 2.51. The van der Waals surface area contributed by atoms with E-state index in [1.807, 2.05) is 6.92 Å². The lowest BCUT2D eigenvalue weighted by Gasteiger charge is -2.37. The Morgan fingerprint density at radius 3 is 2.71 bits per heavy atom. The fourth-order valence-electron chi connectivity index (χ4n) is 3.67. The van der Waals surface area contributed by atoms with Gasteiger partial charge < -0.3 is 10.2 Å². The van der Waals surface area contributed by atoms with E-state index in [2.05, 4.69) is 22.4 Å². The molecule has 21 heavy (non-hydrogen) atoms. The molecule has 3 heterocycles. The van der Waals surface area contributed by atoms with E-state index in [9.17, 15) is 4.79 Å². The smallest absolute Gasteiger partial charge is 0.224 e. The molecular weight excluding hydrogens is 288 g/mol. The molecule has 116 valence electrons. The maximum Gasteiger partial charge on any atom is 0.224 e. The first-order valence-electron chi connectivity index (χ1n) is 7.73. The van der Waals surface area contributed by atoms with Gasteiger partial charge in [0.2, 0.25) is 5.91 Å². The second-order valence-corrected chi connectivity index (χ2v) is 6.95. The van der Waals surface area contributed by atoms with Crippen LogP contribution < -0.4 is 5.32 Å². The molecule has 2 aliphatic heterocycles. The average molecular weight is 311 g/mol. The van der Waals surface area contributed by atoms with Crippen LogP contribution >= 0.6 is 11.6 Å². The number of rotatable bonds is 4. The van der Waals surface area contributed by atoms with E-state index in [1.54, 1.807) is 17.1 Å². The van der Waals surface area contributed by atoms with E-state index >= 15 is 0 Å². The Morgan fingerprint density at radius 2 is 2.14 bits per heavy atom. The molecule has 0 aliphatic carbocycles. The van der Waals surface area contributed by atoms with E-state index in [0.717, 1.165) is 12.8 Å². The summed E-state index contributed by atoms with van der Waals surface area (Å²) in [6, 6.07) is 1.62. The maximum atomic E-state index is 12.3. The molecule has 1 N–H and O–H groups in total. The third kappa shape index (κ3) is 3.24. The van der Waals surface area contributed by atoms with Gasteiger partial charge in [0.05, 0.1) is 23.7 Å². The van der Waals surface area contributed by atoms with Crippen molar-refractivity contribution < 1.29 is 4.79 Å². The predicted octanol–water partition coefficient (Wildman–Crippen LogP) is 1.91. The summed E-state index contributed by atoms with van der Waals surface area (Å²) in [7, 11) is 2.21. The SMILES string of the molecule is CC(Cn1cc(Cl)cn1)C(=O)NC1CC2CCC(C1)N2C. The van der Waals surface area contributed by atoms with E-state index in [1.165, 1.54) is 12.8 Å². The number of halogens is 1. The molecule has 0 spiro atoms. The minimum atomic E-state index is -0.0988. The number of hydrogen-bond donors (Lipinski definition) is 1. The lowest BCUT2D eigenvalue weighted by molar-refractivity contribution is -0.126. The monoisotopic (exact) mass is 310 g/mol. The topological polar surface area (TPSA) is 50.2 Å². The summed E-state index contributed by atoms with van der Waals surface area (Å²) in [4.78, 5) is 14.8. The van der Waals surface area contributed by atoms with Crippen LogP contribution in [0, 0.1) is 5.92 Å². The van der Waals surface area contributed by atoms with Gasteiger partial charge in [0.1, 0.15) is 0 Å². The number of nitrogens with zero attached hydrogens (tertiary/aromatic N) is 3. The van der Waals surface area contributed by atoms with E-state index in [0.29, 0.717) is 29.7 Å². The van der Waals surface area contributed by atoms with E-state index in [4.69, 9.17) is 11.6 Å². The highest BCUT2D eigenvalue weighted by molar-refractivity contribution is 6.30. The molecule has 1 aromatic heterocycles. The van der Waals surface area contributed by atoms with Crippen LogP contribution in [-0.4, -0.2) is 45.8 Å². The van der Waals surface area contributed by atoms with Crippen molar-refractivity contribution in [1.82, 2.24) is 20.0 Å². The molecule has 0 aromatic carbocycles. The lowest BCUT2D eigenvalue weighted by atomic mass is 9.97. The van der Waals surface area contributed by atoms with Crippen LogP contribution in [0.15, 0.2) is 12.4 Å². The van der Waals surface area contributed by atoms with Crippen molar-refractivity contribution in [3.8, 4) is 0 Å². The van der Waals surface area contributed by atoms with Gasteiger partial charge in [-0.1, -0.05) is 18.5 Å². The van der Waals surface area contributed by atoms with Crippen molar-refractivity contribution in [2.75, 3.05) is 7.05 Å². The van der Waals surface area contributed by atoms with Gasteiger partial charge in [0.25, 0.3) is 0 Å². The normalized spacial score (nSPS) is 30.3. The minimum absolute atomic E-state index is 0.0988. The molecule has 5 nitrogen and oxygen atoms in total. The Morgan fingerprint density at radius 1 is 1.48 bits per heavy atom. The zero-order valence-electron chi connectivity index (χ0n) is 12.6. The first-order valence-corrected chi connectivity index (χ1v) is 8.11. The molecule has 3 rings (SSSR count). The van der Waals surface area contributed by atoms with Crippen molar-refractivity contribution in [1.29, 1.82) is 0 Å². The van der Waals surface area contributed by atoms with Crippen LogP contribution in [0.25, 0.3) is 0 Å². The summed E-state index contributed by atoms with van der Waals surface area (Å²) in [5, 5.41) is 7.96. The van der Waals surface area contributed by atoms with E-state index < -0.39 is 0 Å². The van der Waals surface area contributed by atoms with Gasteiger partial charge in [0.15, 0.2) is 0 Å². The van der Waals surface area contributed by atoms with Gasteiger partial charge in [-0.2, -0.15) is 5.10 Å². The molecule has 6 heteroatoms. The van der Waals surface area contributed by atoms with Crippen molar-refractivity contribution in [2.24, 2.45) is 5.92 Å². The molecule has 3 atom stereocenters.